The van der Waals surface area contributed by atoms with E-state index in [4.69, 9.17) is 4.74 Å². The van der Waals surface area contributed by atoms with Gasteiger partial charge in [0.15, 0.2) is 0 Å². The van der Waals surface area contributed by atoms with E-state index in [1.807, 2.05) is 6.92 Å². The Bertz CT molecular complexity index is 738. The van der Waals surface area contributed by atoms with Crippen LogP contribution in [0.5, 0.6) is 5.75 Å². The maximum absolute atomic E-state index is 13.7. The Labute approximate surface area is 151 Å². The molecule has 26 heavy (non-hydrogen) atoms. The lowest BCUT2D eigenvalue weighted by Gasteiger charge is -2.32. The third-order valence-corrected chi connectivity index (χ3v) is 4.54. The van der Waals surface area contributed by atoms with Crippen LogP contribution in [-0.2, 0) is 11.8 Å². The fraction of sp³-hybridized carbons (Fsp3) is 0.450. The maximum Gasteiger partial charge on any atom is 0.392 e. The van der Waals surface area contributed by atoms with E-state index in [9.17, 15) is 17.6 Å². The maximum atomic E-state index is 13.7. The number of pyridine rings is 1. The molecule has 6 heteroatoms. The highest BCUT2D eigenvalue weighted by Crippen LogP contribution is 2.42. The first-order valence-electron chi connectivity index (χ1n) is 8.35. The van der Waals surface area contributed by atoms with Crippen molar-refractivity contribution in [2.75, 3.05) is 7.11 Å². The zero-order valence-corrected chi connectivity index (χ0v) is 15.3. The summed E-state index contributed by atoms with van der Waals surface area (Å²) in [5, 5.41) is 0. The molecule has 142 valence electrons. The second-order valence-corrected chi connectivity index (χ2v) is 7.20. The van der Waals surface area contributed by atoms with Gasteiger partial charge in [0, 0.05) is 23.9 Å². The highest BCUT2D eigenvalue weighted by atomic mass is 19.4. The summed E-state index contributed by atoms with van der Waals surface area (Å²) >= 11 is 0. The standard InChI is InChI=1S/C20H23F4NO/c1-13-5-7-16(25-12-13)9-14(20(22,23)24)11-19(2,3)17-10-15(21)6-8-18(17)26-4/h5-8,10,12,14H,9,11H2,1-4H3. The van der Waals surface area contributed by atoms with Gasteiger partial charge < -0.3 is 4.74 Å². The first kappa shape index (κ1) is 20.2. The third-order valence-electron chi connectivity index (χ3n) is 4.54. The molecule has 0 spiro atoms. The van der Waals surface area contributed by atoms with E-state index in [1.165, 1.54) is 25.3 Å². The van der Waals surface area contributed by atoms with Crippen molar-refractivity contribution in [2.24, 2.45) is 5.92 Å². The lowest BCUT2D eigenvalue weighted by Crippen LogP contribution is -2.33. The fourth-order valence-corrected chi connectivity index (χ4v) is 3.11. The van der Waals surface area contributed by atoms with Crippen LogP contribution in [0.1, 0.15) is 37.1 Å². The fourth-order valence-electron chi connectivity index (χ4n) is 3.11. The Kier molecular flexibility index (Phi) is 5.94. The van der Waals surface area contributed by atoms with Crippen LogP contribution < -0.4 is 4.74 Å². The largest absolute Gasteiger partial charge is 0.496 e. The van der Waals surface area contributed by atoms with Gasteiger partial charge in [-0.2, -0.15) is 13.2 Å². The summed E-state index contributed by atoms with van der Waals surface area (Å²) in [7, 11) is 1.42. The Balaban J connectivity index is 2.32. The monoisotopic (exact) mass is 369 g/mol. The number of rotatable bonds is 6. The van der Waals surface area contributed by atoms with Gasteiger partial charge in [0.2, 0.25) is 0 Å². The van der Waals surface area contributed by atoms with Gasteiger partial charge in [-0.05, 0) is 48.6 Å². The van der Waals surface area contributed by atoms with Gasteiger partial charge in [0.1, 0.15) is 11.6 Å². The van der Waals surface area contributed by atoms with Crippen LogP contribution in [0.4, 0.5) is 17.6 Å². The molecule has 2 aromatic rings. The van der Waals surface area contributed by atoms with Crippen molar-refractivity contribution in [3.8, 4) is 5.75 Å². The van der Waals surface area contributed by atoms with Gasteiger partial charge in [0.25, 0.3) is 0 Å². The third kappa shape index (κ3) is 4.96. The van der Waals surface area contributed by atoms with E-state index < -0.39 is 23.3 Å². The summed E-state index contributed by atoms with van der Waals surface area (Å²) in [5.74, 6) is -1.72. The van der Waals surface area contributed by atoms with Gasteiger partial charge in [0.05, 0.1) is 13.0 Å². The zero-order chi connectivity index (χ0) is 19.5. The van der Waals surface area contributed by atoms with Crippen molar-refractivity contribution >= 4 is 0 Å². The number of benzene rings is 1. The molecule has 1 atom stereocenters. The molecular weight excluding hydrogens is 346 g/mol. The molecule has 2 rings (SSSR count). The number of ether oxygens (including phenoxy) is 1. The van der Waals surface area contributed by atoms with Crippen LogP contribution in [0.15, 0.2) is 36.5 Å². The summed E-state index contributed by atoms with van der Waals surface area (Å²) in [6.45, 7) is 5.18. The van der Waals surface area contributed by atoms with E-state index in [-0.39, 0.29) is 12.8 Å². The van der Waals surface area contributed by atoms with Crippen LogP contribution in [0.3, 0.4) is 0 Å². The lowest BCUT2D eigenvalue weighted by molar-refractivity contribution is -0.179. The molecule has 0 fully saturated rings. The predicted octanol–water partition coefficient (Wildman–Crippen LogP) is 5.63. The van der Waals surface area contributed by atoms with Gasteiger partial charge in [-0.15, -0.1) is 0 Å². The highest BCUT2D eigenvalue weighted by Gasteiger charge is 2.43. The molecule has 1 unspecified atom stereocenters. The Morgan fingerprint density at radius 2 is 1.81 bits per heavy atom. The first-order chi connectivity index (χ1) is 12.0. The molecule has 0 radical (unpaired) electrons. The topological polar surface area (TPSA) is 22.1 Å². The molecule has 0 bridgehead atoms. The van der Waals surface area contributed by atoms with E-state index in [1.54, 1.807) is 32.2 Å². The quantitative estimate of drug-likeness (QED) is 0.616. The van der Waals surface area contributed by atoms with E-state index in [0.717, 1.165) is 5.56 Å². The molecule has 0 aliphatic heterocycles. The number of halogens is 4. The van der Waals surface area contributed by atoms with Crippen LogP contribution in [0, 0.1) is 18.7 Å². The van der Waals surface area contributed by atoms with Gasteiger partial charge in [-0.25, -0.2) is 4.39 Å². The van der Waals surface area contributed by atoms with E-state index in [0.29, 0.717) is 17.0 Å². The minimum Gasteiger partial charge on any atom is -0.496 e. The van der Waals surface area contributed by atoms with Gasteiger partial charge >= 0.3 is 6.18 Å². The Morgan fingerprint density at radius 1 is 1.12 bits per heavy atom. The van der Waals surface area contributed by atoms with Crippen molar-refractivity contribution in [1.29, 1.82) is 0 Å². The average molecular weight is 369 g/mol. The molecule has 0 amide bonds. The molecule has 0 aliphatic carbocycles. The van der Waals surface area contributed by atoms with Crippen molar-refractivity contribution in [3.05, 3.63) is 59.2 Å². The number of hydrogen-bond donors (Lipinski definition) is 0. The molecule has 1 aromatic heterocycles. The van der Waals surface area contributed by atoms with Gasteiger partial charge in [-0.3, -0.25) is 4.98 Å². The van der Waals surface area contributed by atoms with Crippen molar-refractivity contribution in [1.82, 2.24) is 4.98 Å². The molecular formula is C20H23F4NO. The van der Waals surface area contributed by atoms with E-state index in [2.05, 4.69) is 4.98 Å². The Morgan fingerprint density at radius 3 is 2.35 bits per heavy atom. The normalized spacial score (nSPS) is 13.5. The summed E-state index contributed by atoms with van der Waals surface area (Å²) in [6, 6.07) is 7.28. The van der Waals surface area contributed by atoms with E-state index >= 15 is 0 Å². The Hall–Kier alpha value is -2.11. The van der Waals surface area contributed by atoms with Crippen LogP contribution >= 0.6 is 0 Å². The lowest BCUT2D eigenvalue weighted by atomic mass is 9.75. The van der Waals surface area contributed by atoms with Crippen molar-refractivity contribution in [3.63, 3.8) is 0 Å². The number of nitrogens with zero attached hydrogens (tertiary/aromatic N) is 1. The number of methoxy groups -OCH3 is 1. The summed E-state index contributed by atoms with van der Waals surface area (Å²) in [5.41, 5.74) is 0.770. The molecule has 1 aromatic carbocycles. The molecule has 0 saturated carbocycles. The summed E-state index contributed by atoms with van der Waals surface area (Å²) < 4.78 is 59.9. The first-order valence-corrected chi connectivity index (χ1v) is 8.35. The minimum absolute atomic E-state index is 0.203. The average Bonchev–Trinajstić information content (AvgIpc) is 2.55. The number of aryl methyl sites for hydroxylation is 1. The molecule has 1 heterocycles. The smallest absolute Gasteiger partial charge is 0.392 e. The molecule has 0 saturated heterocycles. The minimum atomic E-state index is -4.38. The molecule has 0 aliphatic rings. The predicted molar refractivity (Wildman–Crippen MR) is 92.8 cm³/mol. The number of hydrogen-bond acceptors (Lipinski definition) is 2. The van der Waals surface area contributed by atoms with Gasteiger partial charge in [-0.1, -0.05) is 19.9 Å². The highest BCUT2D eigenvalue weighted by molar-refractivity contribution is 5.39. The van der Waals surface area contributed by atoms with Crippen LogP contribution in [-0.4, -0.2) is 18.3 Å². The van der Waals surface area contributed by atoms with Crippen LogP contribution in [0.25, 0.3) is 0 Å². The second kappa shape index (κ2) is 7.64. The van der Waals surface area contributed by atoms with Crippen molar-refractivity contribution < 1.29 is 22.3 Å². The molecule has 0 N–H and O–H groups in total. The number of alkyl halides is 3. The summed E-state index contributed by atoms with van der Waals surface area (Å²) in [4.78, 5) is 4.10. The molecule has 2 nitrogen and oxygen atoms in total. The number of aromatic nitrogens is 1. The SMILES string of the molecule is COc1ccc(F)cc1C(C)(C)CC(Cc1ccc(C)cn1)C(F)(F)F. The van der Waals surface area contributed by atoms with Crippen LogP contribution in [0.2, 0.25) is 0 Å². The second-order valence-electron chi connectivity index (χ2n) is 7.20. The summed E-state index contributed by atoms with van der Waals surface area (Å²) in [6.07, 6.45) is -3.25. The zero-order valence-electron chi connectivity index (χ0n) is 15.3. The van der Waals surface area contributed by atoms with Crippen molar-refractivity contribution in [2.45, 2.75) is 45.2 Å².